The normalized spacial score (nSPS) is 21.5. The standard InChI is InChI=1S/C26H33N5O2/c1-17-11-21-14-27-31(25(21)12-23(17)19-5-9-32-10-6-19)26-13-24(28-18(2)29-26)20-3-7-30(8-4-20)22-15-33-16-22/h11-14,19-20,22H,3-10,15-16H2,1-2H3. The second-order valence-corrected chi connectivity index (χ2v) is 9.91. The first kappa shape index (κ1) is 21.2. The van der Waals surface area contributed by atoms with Gasteiger partial charge in [0.2, 0.25) is 0 Å². The van der Waals surface area contributed by atoms with E-state index in [1.54, 1.807) is 0 Å². The van der Waals surface area contributed by atoms with Crippen molar-refractivity contribution >= 4 is 10.9 Å². The summed E-state index contributed by atoms with van der Waals surface area (Å²) in [5.74, 6) is 2.73. The van der Waals surface area contributed by atoms with E-state index in [1.165, 1.54) is 11.1 Å². The van der Waals surface area contributed by atoms with E-state index < -0.39 is 0 Å². The topological polar surface area (TPSA) is 65.3 Å². The van der Waals surface area contributed by atoms with Gasteiger partial charge in [-0.25, -0.2) is 14.6 Å². The number of hydrogen-bond acceptors (Lipinski definition) is 6. The van der Waals surface area contributed by atoms with E-state index in [9.17, 15) is 0 Å². The summed E-state index contributed by atoms with van der Waals surface area (Å²) in [6.45, 7) is 9.94. The van der Waals surface area contributed by atoms with Crippen molar-refractivity contribution in [1.82, 2.24) is 24.6 Å². The van der Waals surface area contributed by atoms with Crippen LogP contribution in [0.15, 0.2) is 24.4 Å². The third kappa shape index (κ3) is 4.07. The fourth-order valence-corrected chi connectivity index (χ4v) is 5.72. The molecular weight excluding hydrogens is 414 g/mol. The van der Waals surface area contributed by atoms with E-state index in [1.807, 2.05) is 17.8 Å². The Morgan fingerprint density at radius 2 is 1.67 bits per heavy atom. The van der Waals surface area contributed by atoms with Gasteiger partial charge in [-0.1, -0.05) is 0 Å². The molecule has 0 unspecified atom stereocenters. The molecule has 2 aromatic heterocycles. The van der Waals surface area contributed by atoms with E-state index in [0.29, 0.717) is 17.9 Å². The molecule has 0 aliphatic carbocycles. The number of aryl methyl sites for hydroxylation is 2. The van der Waals surface area contributed by atoms with Gasteiger partial charge in [0.15, 0.2) is 5.82 Å². The van der Waals surface area contributed by atoms with Gasteiger partial charge < -0.3 is 9.47 Å². The summed E-state index contributed by atoms with van der Waals surface area (Å²) >= 11 is 0. The minimum absolute atomic E-state index is 0.476. The maximum Gasteiger partial charge on any atom is 0.157 e. The zero-order valence-electron chi connectivity index (χ0n) is 19.7. The third-order valence-electron chi connectivity index (χ3n) is 7.76. The predicted octanol–water partition coefficient (Wildman–Crippen LogP) is 3.90. The smallest absolute Gasteiger partial charge is 0.157 e. The highest BCUT2D eigenvalue weighted by molar-refractivity contribution is 5.82. The minimum atomic E-state index is 0.476. The number of likely N-dealkylation sites (tertiary alicyclic amines) is 1. The summed E-state index contributed by atoms with van der Waals surface area (Å²) < 4.78 is 13.0. The molecule has 7 heteroatoms. The number of rotatable bonds is 4. The highest BCUT2D eigenvalue weighted by Crippen LogP contribution is 2.34. The lowest BCUT2D eigenvalue weighted by molar-refractivity contribution is -0.0713. The zero-order chi connectivity index (χ0) is 22.4. The van der Waals surface area contributed by atoms with Crippen LogP contribution < -0.4 is 0 Å². The van der Waals surface area contributed by atoms with Gasteiger partial charge in [-0.2, -0.15) is 5.10 Å². The van der Waals surface area contributed by atoms with Crippen LogP contribution in [-0.2, 0) is 9.47 Å². The van der Waals surface area contributed by atoms with E-state index >= 15 is 0 Å². The summed E-state index contributed by atoms with van der Waals surface area (Å²) in [5.41, 5.74) is 5.05. The van der Waals surface area contributed by atoms with Gasteiger partial charge in [-0.05, 0) is 81.8 Å². The fraction of sp³-hybridized carbons (Fsp3) is 0.577. The lowest BCUT2D eigenvalue weighted by Crippen LogP contribution is -2.51. The first-order valence-electron chi connectivity index (χ1n) is 12.4. The summed E-state index contributed by atoms with van der Waals surface area (Å²) in [7, 11) is 0. The minimum Gasteiger partial charge on any atom is -0.381 e. The van der Waals surface area contributed by atoms with Crippen LogP contribution in [0.1, 0.15) is 60.2 Å². The first-order valence-corrected chi connectivity index (χ1v) is 12.4. The van der Waals surface area contributed by atoms with Crippen molar-refractivity contribution in [1.29, 1.82) is 0 Å². The fourth-order valence-electron chi connectivity index (χ4n) is 5.72. The molecular formula is C26H33N5O2. The first-order chi connectivity index (χ1) is 16.2. The van der Waals surface area contributed by atoms with E-state index in [-0.39, 0.29) is 0 Å². The number of piperidine rings is 1. The van der Waals surface area contributed by atoms with Gasteiger partial charge in [0.25, 0.3) is 0 Å². The maximum atomic E-state index is 5.60. The Balaban J connectivity index is 1.30. The Labute approximate surface area is 195 Å². The molecule has 0 atom stereocenters. The molecule has 33 heavy (non-hydrogen) atoms. The number of benzene rings is 1. The molecule has 6 rings (SSSR count). The molecule has 0 bridgehead atoms. The van der Waals surface area contributed by atoms with E-state index in [4.69, 9.17) is 24.5 Å². The van der Waals surface area contributed by atoms with Crippen LogP contribution in [0.3, 0.4) is 0 Å². The second kappa shape index (κ2) is 8.78. The van der Waals surface area contributed by atoms with Crippen LogP contribution >= 0.6 is 0 Å². The average molecular weight is 448 g/mol. The van der Waals surface area contributed by atoms with Crippen LogP contribution in [0.25, 0.3) is 16.7 Å². The lowest BCUT2D eigenvalue weighted by Gasteiger charge is -2.41. The number of nitrogens with zero attached hydrogens (tertiary/aromatic N) is 5. The van der Waals surface area contributed by atoms with Crippen LogP contribution in [0.2, 0.25) is 0 Å². The van der Waals surface area contributed by atoms with Crippen molar-refractivity contribution in [3.05, 3.63) is 47.0 Å². The number of aromatic nitrogens is 4. The third-order valence-corrected chi connectivity index (χ3v) is 7.76. The monoisotopic (exact) mass is 447 g/mol. The molecule has 0 saturated carbocycles. The van der Waals surface area contributed by atoms with Gasteiger partial charge in [0.1, 0.15) is 5.82 Å². The van der Waals surface area contributed by atoms with Crippen molar-refractivity contribution in [2.75, 3.05) is 39.5 Å². The Bertz CT molecular complexity index is 1140. The maximum absolute atomic E-state index is 5.60. The van der Waals surface area contributed by atoms with Gasteiger partial charge in [0.05, 0.1) is 31.0 Å². The molecule has 3 fully saturated rings. The number of hydrogen-bond donors (Lipinski definition) is 0. The lowest BCUT2D eigenvalue weighted by atomic mass is 9.88. The van der Waals surface area contributed by atoms with Crippen LogP contribution in [0, 0.1) is 13.8 Å². The zero-order valence-corrected chi connectivity index (χ0v) is 19.7. The largest absolute Gasteiger partial charge is 0.381 e. The van der Waals surface area contributed by atoms with Crippen molar-refractivity contribution in [3.8, 4) is 5.82 Å². The molecule has 0 amide bonds. The Kier molecular flexibility index (Phi) is 5.64. The molecule has 3 aliphatic heterocycles. The average Bonchev–Trinajstić information content (AvgIpc) is 3.21. The molecule has 5 heterocycles. The van der Waals surface area contributed by atoms with Crippen molar-refractivity contribution in [2.45, 2.75) is 57.4 Å². The van der Waals surface area contributed by atoms with E-state index in [2.05, 4.69) is 30.0 Å². The van der Waals surface area contributed by atoms with Crippen LogP contribution in [0.4, 0.5) is 0 Å². The Hall–Kier alpha value is -2.35. The summed E-state index contributed by atoms with van der Waals surface area (Å²) in [6.07, 6.45) is 6.41. The van der Waals surface area contributed by atoms with Crippen molar-refractivity contribution < 1.29 is 9.47 Å². The summed E-state index contributed by atoms with van der Waals surface area (Å²) in [6, 6.07) is 7.40. The van der Waals surface area contributed by atoms with Crippen molar-refractivity contribution in [2.24, 2.45) is 0 Å². The summed E-state index contributed by atoms with van der Waals surface area (Å²) in [5, 5.41) is 5.92. The SMILES string of the molecule is Cc1nc(C2CCN(C3COC3)CC2)cc(-n2ncc3cc(C)c(C4CCOCC4)cc32)n1. The highest BCUT2D eigenvalue weighted by atomic mass is 16.5. The molecule has 3 aromatic rings. The quantitative estimate of drug-likeness (QED) is 0.604. The molecule has 1 aromatic carbocycles. The predicted molar refractivity (Wildman–Crippen MR) is 127 cm³/mol. The summed E-state index contributed by atoms with van der Waals surface area (Å²) in [4.78, 5) is 12.2. The molecule has 0 N–H and O–H groups in total. The van der Waals surface area contributed by atoms with E-state index in [0.717, 1.165) is 93.4 Å². The van der Waals surface area contributed by atoms with Crippen LogP contribution in [-0.4, -0.2) is 70.2 Å². The number of ether oxygens (including phenoxy) is 2. The highest BCUT2D eigenvalue weighted by Gasteiger charge is 2.31. The molecule has 174 valence electrons. The van der Waals surface area contributed by atoms with Gasteiger partial charge in [-0.3, -0.25) is 4.90 Å². The number of fused-ring (bicyclic) bond motifs is 1. The van der Waals surface area contributed by atoms with Gasteiger partial charge >= 0.3 is 0 Å². The van der Waals surface area contributed by atoms with Gasteiger partial charge in [-0.15, -0.1) is 0 Å². The van der Waals surface area contributed by atoms with Crippen LogP contribution in [0.5, 0.6) is 0 Å². The van der Waals surface area contributed by atoms with Gasteiger partial charge in [0, 0.05) is 36.3 Å². The second-order valence-electron chi connectivity index (χ2n) is 9.91. The molecule has 0 radical (unpaired) electrons. The molecule has 3 saturated heterocycles. The molecule has 7 nitrogen and oxygen atoms in total. The Morgan fingerprint density at radius 3 is 2.39 bits per heavy atom. The van der Waals surface area contributed by atoms with Crippen molar-refractivity contribution in [3.63, 3.8) is 0 Å². The molecule has 3 aliphatic rings. The Morgan fingerprint density at radius 1 is 0.879 bits per heavy atom. The molecule has 0 spiro atoms.